The molecule has 85 heavy (non-hydrogen) atoms. The van der Waals surface area contributed by atoms with Crippen LogP contribution in [0.3, 0.4) is 0 Å². The first-order valence-corrected chi connectivity index (χ1v) is 27.9. The minimum absolute atomic E-state index is 0.0142. The quantitative estimate of drug-likeness (QED) is 0.0310. The molecular formula is C65H75N13O7. The summed E-state index contributed by atoms with van der Waals surface area (Å²) in [5, 5.41) is 14.3. The van der Waals surface area contributed by atoms with Crippen LogP contribution < -0.4 is 72.5 Å². The molecule has 0 spiro atoms. The lowest BCUT2D eigenvalue weighted by Gasteiger charge is -2.28. The fourth-order valence-corrected chi connectivity index (χ4v) is 9.64. The van der Waals surface area contributed by atoms with Gasteiger partial charge in [-0.05, 0) is 143 Å². The third-order valence-corrected chi connectivity index (χ3v) is 14.6. The van der Waals surface area contributed by atoms with E-state index in [2.05, 4.69) is 26.6 Å². The number of anilines is 7. The van der Waals surface area contributed by atoms with Crippen LogP contribution in [0.25, 0.3) is 0 Å². The zero-order valence-corrected chi connectivity index (χ0v) is 47.3. The second kappa shape index (κ2) is 29.6. The first-order chi connectivity index (χ1) is 40.6. The van der Waals surface area contributed by atoms with Crippen LogP contribution in [-0.4, -0.2) is 71.4 Å². The Bertz CT molecular complexity index is 3400. The van der Waals surface area contributed by atoms with Gasteiger partial charge in [-0.15, -0.1) is 0 Å². The molecule has 0 bridgehead atoms. The van der Waals surface area contributed by atoms with Crippen molar-refractivity contribution < 1.29 is 33.6 Å². The van der Waals surface area contributed by atoms with Crippen LogP contribution in [0.4, 0.5) is 39.8 Å². The molecule has 0 radical (unpaired) electrons. The lowest BCUT2D eigenvalue weighted by molar-refractivity contribution is -0.135. The van der Waals surface area contributed by atoms with Gasteiger partial charge >= 0.3 is 0 Å². The second-order valence-corrected chi connectivity index (χ2v) is 21.6. The van der Waals surface area contributed by atoms with Gasteiger partial charge < -0.3 is 72.5 Å². The average molecular weight is 1150 g/mol. The number of ketones is 1. The number of primary amides is 1. The highest BCUT2D eigenvalue weighted by molar-refractivity contribution is 5.97. The third kappa shape index (κ3) is 19.4. The highest BCUT2D eigenvalue weighted by Crippen LogP contribution is 2.21. The number of carbonyl (C=O) groups excluding carboxylic acids is 7. The average Bonchev–Trinajstić information content (AvgIpc) is 3.67. The lowest BCUT2D eigenvalue weighted by Crippen LogP contribution is -2.59. The van der Waals surface area contributed by atoms with Gasteiger partial charge in [0.05, 0.1) is 6.04 Å². The Labute approximate surface area is 494 Å². The molecule has 20 heteroatoms. The Balaban J connectivity index is 1.19. The summed E-state index contributed by atoms with van der Waals surface area (Å²) in [4.78, 5) is 101. The molecule has 21 N–H and O–H groups in total. The van der Waals surface area contributed by atoms with Crippen molar-refractivity contribution in [1.82, 2.24) is 26.6 Å². The monoisotopic (exact) mass is 1150 g/mol. The first-order valence-electron chi connectivity index (χ1n) is 27.9. The van der Waals surface area contributed by atoms with Crippen molar-refractivity contribution in [3.63, 3.8) is 0 Å². The van der Waals surface area contributed by atoms with Crippen molar-refractivity contribution in [2.75, 3.05) is 40.1 Å². The molecule has 0 heterocycles. The zero-order valence-electron chi connectivity index (χ0n) is 47.3. The third-order valence-electron chi connectivity index (χ3n) is 14.6. The largest absolute Gasteiger partial charge is 0.399 e. The highest BCUT2D eigenvalue weighted by Gasteiger charge is 2.35. The molecule has 0 aliphatic carbocycles. The number of nitrogen functional groups attached to an aromatic ring is 7. The molecule has 442 valence electrons. The lowest BCUT2D eigenvalue weighted by atomic mass is 9.88. The minimum atomic E-state index is -1.40. The molecule has 20 nitrogen and oxygen atoms in total. The summed E-state index contributed by atoms with van der Waals surface area (Å²) in [6.07, 6.45) is -0.219. The van der Waals surface area contributed by atoms with Gasteiger partial charge in [0.15, 0.2) is 5.78 Å². The van der Waals surface area contributed by atoms with Crippen LogP contribution in [0.2, 0.25) is 0 Å². The predicted molar refractivity (Wildman–Crippen MR) is 333 cm³/mol. The van der Waals surface area contributed by atoms with Crippen molar-refractivity contribution in [3.8, 4) is 0 Å². The van der Waals surface area contributed by atoms with E-state index in [-0.39, 0.29) is 50.9 Å². The molecule has 6 amide bonds. The van der Waals surface area contributed by atoms with E-state index in [9.17, 15) is 24.0 Å². The molecule has 0 aliphatic rings. The predicted octanol–water partition coefficient (Wildman–Crippen LogP) is 3.88. The summed E-state index contributed by atoms with van der Waals surface area (Å²) < 4.78 is 0. The number of carbonyl (C=O) groups is 7. The number of nitrogens with two attached hydrogens (primary N) is 8. The standard InChI is InChI=1S/C65H75N13O7/c1-38(30-39-2-16-47(66)17-3-39)61(81)74-54(32-41-6-20-49(68)21-7-41)59(79)37-46(31-40-4-18-48(67)19-5-40)62(82)76-56(34-43-10-24-51(70)25-11-43)64(84)78-58(36-45-14-28-53(72)29-15-45)65(85)77-57(35-44-12-26-52(71)27-13-44)63(83)75-55(60(73)80)33-42-8-22-50(69)23-9-42/h2-29,38,46,54-58H,30-37,66-72H2,1H3,(H2,73,80)(H,74,81)(H,75,83)(H,76,82)(H,77,85)(H,78,84). The Kier molecular flexibility index (Phi) is 21.6. The molecule has 7 atom stereocenters. The van der Waals surface area contributed by atoms with Crippen LogP contribution in [0.15, 0.2) is 170 Å². The van der Waals surface area contributed by atoms with Crippen molar-refractivity contribution >= 4 is 81.0 Å². The van der Waals surface area contributed by atoms with Gasteiger partial charge in [-0.25, -0.2) is 0 Å². The van der Waals surface area contributed by atoms with Crippen LogP contribution in [0, 0.1) is 11.8 Å². The Morgan fingerprint density at radius 2 is 0.518 bits per heavy atom. The minimum Gasteiger partial charge on any atom is -0.399 e. The van der Waals surface area contributed by atoms with E-state index in [1.807, 2.05) is 12.1 Å². The number of benzene rings is 7. The van der Waals surface area contributed by atoms with E-state index in [1.54, 1.807) is 165 Å². The molecule has 7 aromatic rings. The number of hydrogen-bond acceptors (Lipinski definition) is 14. The van der Waals surface area contributed by atoms with Gasteiger partial charge in [-0.3, -0.25) is 33.6 Å². The van der Waals surface area contributed by atoms with E-state index >= 15 is 9.59 Å². The smallest absolute Gasteiger partial charge is 0.243 e. The summed E-state index contributed by atoms with van der Waals surface area (Å²) in [6.45, 7) is 1.76. The van der Waals surface area contributed by atoms with E-state index in [0.717, 1.165) is 5.56 Å². The van der Waals surface area contributed by atoms with Crippen molar-refractivity contribution in [2.24, 2.45) is 17.6 Å². The number of Topliss-reactive ketones (excluding diaryl/α,β-unsaturated/α-hetero) is 1. The Morgan fingerprint density at radius 1 is 0.294 bits per heavy atom. The molecular weight excluding hydrogens is 1070 g/mol. The maximum Gasteiger partial charge on any atom is 0.243 e. The molecule has 0 fully saturated rings. The van der Waals surface area contributed by atoms with Crippen molar-refractivity contribution in [2.45, 2.75) is 88.5 Å². The molecule has 7 unspecified atom stereocenters. The number of amides is 6. The van der Waals surface area contributed by atoms with Crippen LogP contribution in [0.1, 0.15) is 52.3 Å². The zero-order chi connectivity index (χ0) is 61.2. The topological polar surface area (TPSA) is 388 Å². The van der Waals surface area contributed by atoms with Crippen LogP contribution in [-0.2, 0) is 78.5 Å². The molecule has 0 aliphatic heterocycles. The maximum atomic E-state index is 15.1. The number of nitrogens with one attached hydrogen (secondary N) is 5. The summed E-state index contributed by atoms with van der Waals surface area (Å²) in [7, 11) is 0. The first kappa shape index (κ1) is 62.2. The second-order valence-electron chi connectivity index (χ2n) is 21.6. The fourth-order valence-electron chi connectivity index (χ4n) is 9.64. The van der Waals surface area contributed by atoms with Gasteiger partial charge in [0.1, 0.15) is 24.2 Å². The highest BCUT2D eigenvalue weighted by atomic mass is 16.2. The summed E-state index contributed by atoms with van der Waals surface area (Å²) in [5.74, 6) is -6.38. The van der Waals surface area contributed by atoms with E-state index in [0.29, 0.717) is 79.6 Å². The van der Waals surface area contributed by atoms with Gasteiger partial charge in [-0.2, -0.15) is 0 Å². The fraction of sp³-hybridized carbons (Fsp3) is 0.246. The number of hydrogen-bond donors (Lipinski definition) is 13. The van der Waals surface area contributed by atoms with E-state index in [1.165, 1.54) is 0 Å². The molecule has 0 saturated heterocycles. The summed E-state index contributed by atoms with van der Waals surface area (Å²) >= 11 is 0. The maximum absolute atomic E-state index is 15.1. The molecule has 7 aromatic carbocycles. The summed E-state index contributed by atoms with van der Waals surface area (Å²) in [5.41, 5.74) is 55.9. The SMILES string of the molecule is CC(Cc1ccc(N)cc1)C(=O)NC(Cc1ccc(N)cc1)C(=O)CC(Cc1ccc(N)cc1)C(=O)NC(Cc1ccc(N)cc1)C(=O)NC(Cc1ccc(N)cc1)C(=O)NC(Cc1ccc(N)cc1)C(=O)NC(Cc1ccc(N)cc1)C(N)=O. The molecule has 0 aromatic heterocycles. The Morgan fingerprint density at radius 3 is 0.812 bits per heavy atom. The van der Waals surface area contributed by atoms with Crippen LogP contribution in [0.5, 0.6) is 0 Å². The van der Waals surface area contributed by atoms with Gasteiger partial charge in [0.25, 0.3) is 0 Å². The normalized spacial score (nSPS) is 13.5. The van der Waals surface area contributed by atoms with Crippen LogP contribution >= 0.6 is 0 Å². The van der Waals surface area contributed by atoms with Gasteiger partial charge in [-0.1, -0.05) is 91.9 Å². The van der Waals surface area contributed by atoms with Gasteiger partial charge in [0, 0.05) is 83.8 Å². The number of rotatable bonds is 28. The molecule has 7 rings (SSSR count). The molecule has 0 saturated carbocycles. The van der Waals surface area contributed by atoms with Gasteiger partial charge in [0.2, 0.25) is 35.4 Å². The van der Waals surface area contributed by atoms with E-state index < -0.39 is 77.4 Å². The van der Waals surface area contributed by atoms with Crippen molar-refractivity contribution in [1.29, 1.82) is 0 Å². The van der Waals surface area contributed by atoms with Crippen molar-refractivity contribution in [3.05, 3.63) is 209 Å². The van der Waals surface area contributed by atoms with E-state index in [4.69, 9.17) is 45.9 Å². The summed E-state index contributed by atoms with van der Waals surface area (Å²) in [6, 6.07) is 41.1. The Hall–Kier alpha value is -10.4.